The molecule has 0 bridgehead atoms. The van der Waals surface area contributed by atoms with Gasteiger partial charge in [0.25, 0.3) is 0 Å². The van der Waals surface area contributed by atoms with Crippen molar-refractivity contribution < 1.29 is 23.5 Å². The van der Waals surface area contributed by atoms with Crippen molar-refractivity contribution in [3.63, 3.8) is 0 Å². The number of carbonyl (C=O) groups excluding carboxylic acids is 1. The van der Waals surface area contributed by atoms with E-state index in [2.05, 4.69) is 0 Å². The van der Waals surface area contributed by atoms with Crippen LogP contribution in [0, 0.1) is 5.92 Å². The Balaban J connectivity index is 2.04. The number of thioether (sulfide) groups is 1. The van der Waals surface area contributed by atoms with Gasteiger partial charge in [-0.1, -0.05) is 0 Å². The highest BCUT2D eigenvalue weighted by Gasteiger charge is 2.44. The zero-order valence-corrected chi connectivity index (χ0v) is 11.5. The Kier molecular flexibility index (Phi) is 4.03. The molecule has 1 aliphatic carbocycles. The molecule has 1 N–H and O–H groups in total. The molecule has 0 spiro atoms. The predicted octanol–water partition coefficient (Wildman–Crippen LogP) is 2.19. The Labute approximate surface area is 114 Å². The number of carbonyl (C=O) groups is 2. The van der Waals surface area contributed by atoms with Crippen molar-refractivity contribution in [2.45, 2.75) is 49.9 Å². The van der Waals surface area contributed by atoms with Crippen LogP contribution in [0.25, 0.3) is 0 Å². The van der Waals surface area contributed by atoms with Crippen LogP contribution in [0.1, 0.15) is 32.6 Å². The monoisotopic (exact) mass is 293 g/mol. The molecule has 7 heteroatoms. The van der Waals surface area contributed by atoms with Gasteiger partial charge in [0.1, 0.15) is 6.04 Å². The number of amides is 1. The molecule has 0 aromatic carbocycles. The van der Waals surface area contributed by atoms with E-state index in [9.17, 15) is 18.4 Å². The maximum absolute atomic E-state index is 13.1. The van der Waals surface area contributed by atoms with Gasteiger partial charge in [-0.2, -0.15) is 0 Å². The largest absolute Gasteiger partial charge is 0.480 e. The molecule has 1 saturated carbocycles. The molecule has 2 atom stereocenters. The van der Waals surface area contributed by atoms with E-state index in [-0.39, 0.29) is 37.0 Å². The molecular weight excluding hydrogens is 276 g/mol. The van der Waals surface area contributed by atoms with E-state index in [1.165, 1.54) is 16.7 Å². The molecule has 2 unspecified atom stereocenters. The Morgan fingerprint density at radius 3 is 2.42 bits per heavy atom. The van der Waals surface area contributed by atoms with Crippen molar-refractivity contribution in [3.05, 3.63) is 0 Å². The lowest BCUT2D eigenvalue weighted by Crippen LogP contribution is -2.48. The molecular formula is C12H17F2NO3S. The van der Waals surface area contributed by atoms with Gasteiger partial charge in [0.05, 0.1) is 5.37 Å². The Morgan fingerprint density at radius 2 is 1.89 bits per heavy atom. The summed E-state index contributed by atoms with van der Waals surface area (Å²) in [6.07, 6.45) is -0.273. The van der Waals surface area contributed by atoms with E-state index in [1.807, 2.05) is 0 Å². The first kappa shape index (κ1) is 14.6. The summed E-state index contributed by atoms with van der Waals surface area (Å²) in [5.41, 5.74) is 0. The van der Waals surface area contributed by atoms with Crippen LogP contribution in [0.2, 0.25) is 0 Å². The van der Waals surface area contributed by atoms with Gasteiger partial charge in [-0.05, 0) is 19.8 Å². The third-order valence-corrected chi connectivity index (χ3v) is 5.05. The molecule has 0 aromatic heterocycles. The minimum absolute atomic E-state index is 0.145. The number of carboxylic acids is 1. The molecule has 0 radical (unpaired) electrons. The summed E-state index contributed by atoms with van der Waals surface area (Å²) >= 11 is 1.41. The minimum Gasteiger partial charge on any atom is -0.480 e. The summed E-state index contributed by atoms with van der Waals surface area (Å²) in [6, 6.07) is -0.824. The third-order valence-electron chi connectivity index (χ3n) is 3.83. The van der Waals surface area contributed by atoms with E-state index in [4.69, 9.17) is 5.11 Å². The molecule has 4 nitrogen and oxygen atoms in total. The predicted molar refractivity (Wildman–Crippen MR) is 67.1 cm³/mol. The highest BCUT2D eigenvalue weighted by Crippen LogP contribution is 2.39. The van der Waals surface area contributed by atoms with Gasteiger partial charge in [-0.15, -0.1) is 11.8 Å². The number of hydrogen-bond donors (Lipinski definition) is 1. The molecule has 1 aliphatic heterocycles. The smallest absolute Gasteiger partial charge is 0.327 e. The Morgan fingerprint density at radius 1 is 1.32 bits per heavy atom. The van der Waals surface area contributed by atoms with Crippen molar-refractivity contribution in [3.8, 4) is 0 Å². The van der Waals surface area contributed by atoms with Gasteiger partial charge >= 0.3 is 5.97 Å². The average molecular weight is 293 g/mol. The number of aliphatic carboxylic acids is 1. The number of alkyl halides is 2. The van der Waals surface area contributed by atoms with Crippen molar-refractivity contribution in [1.82, 2.24) is 4.90 Å². The van der Waals surface area contributed by atoms with Gasteiger partial charge in [-0.25, -0.2) is 13.6 Å². The van der Waals surface area contributed by atoms with Gasteiger partial charge in [0.2, 0.25) is 11.8 Å². The molecule has 1 heterocycles. The van der Waals surface area contributed by atoms with Crippen LogP contribution in [-0.4, -0.2) is 45.0 Å². The standard InChI is InChI=1S/C12H17F2NO3S/c1-7-15(9(6-19-7)11(17)18)10(16)8-2-4-12(13,14)5-3-8/h7-9H,2-6H2,1H3,(H,17,18). The second-order valence-corrected chi connectivity index (χ2v) is 6.51. The topological polar surface area (TPSA) is 57.6 Å². The van der Waals surface area contributed by atoms with Crippen LogP contribution in [0.4, 0.5) is 8.78 Å². The molecule has 108 valence electrons. The van der Waals surface area contributed by atoms with Crippen LogP contribution < -0.4 is 0 Å². The van der Waals surface area contributed by atoms with Gasteiger partial charge in [-0.3, -0.25) is 4.79 Å². The number of nitrogens with zero attached hydrogens (tertiary/aromatic N) is 1. The molecule has 0 aromatic rings. The maximum atomic E-state index is 13.1. The summed E-state index contributed by atoms with van der Waals surface area (Å²) in [6.45, 7) is 1.78. The molecule has 2 aliphatic rings. The first-order valence-electron chi connectivity index (χ1n) is 6.36. The van der Waals surface area contributed by atoms with E-state index in [0.717, 1.165) is 0 Å². The molecule has 1 amide bonds. The van der Waals surface area contributed by atoms with Crippen LogP contribution >= 0.6 is 11.8 Å². The van der Waals surface area contributed by atoms with E-state index < -0.39 is 23.9 Å². The highest BCUT2D eigenvalue weighted by atomic mass is 32.2. The summed E-state index contributed by atoms with van der Waals surface area (Å²) in [4.78, 5) is 24.8. The van der Waals surface area contributed by atoms with Gasteiger partial charge in [0.15, 0.2) is 0 Å². The van der Waals surface area contributed by atoms with Crippen LogP contribution in [0.15, 0.2) is 0 Å². The summed E-state index contributed by atoms with van der Waals surface area (Å²) in [5.74, 6) is -4.06. The van der Waals surface area contributed by atoms with Gasteiger partial charge < -0.3 is 10.0 Å². The summed E-state index contributed by atoms with van der Waals surface area (Å²) in [7, 11) is 0. The molecule has 1 saturated heterocycles. The van der Waals surface area contributed by atoms with Crippen LogP contribution in [0.5, 0.6) is 0 Å². The number of rotatable bonds is 2. The third kappa shape index (κ3) is 3.01. The lowest BCUT2D eigenvalue weighted by molar-refractivity contribution is -0.152. The second kappa shape index (κ2) is 5.26. The lowest BCUT2D eigenvalue weighted by Gasteiger charge is -2.33. The first-order chi connectivity index (χ1) is 8.82. The quantitative estimate of drug-likeness (QED) is 0.848. The zero-order valence-electron chi connectivity index (χ0n) is 10.6. The Bertz CT molecular complexity index is 381. The van der Waals surface area contributed by atoms with E-state index in [0.29, 0.717) is 5.75 Å². The number of hydrogen-bond acceptors (Lipinski definition) is 3. The lowest BCUT2D eigenvalue weighted by atomic mass is 9.85. The SMILES string of the molecule is CC1SCC(C(=O)O)N1C(=O)C1CCC(F)(F)CC1. The minimum atomic E-state index is -2.67. The Hall–Kier alpha value is -0.850. The molecule has 19 heavy (non-hydrogen) atoms. The summed E-state index contributed by atoms with van der Waals surface area (Å²) < 4.78 is 26.2. The fourth-order valence-corrected chi connectivity index (χ4v) is 3.84. The van der Waals surface area contributed by atoms with Gasteiger partial charge in [0, 0.05) is 24.5 Å². The zero-order chi connectivity index (χ0) is 14.2. The fraction of sp³-hybridized carbons (Fsp3) is 0.833. The van der Waals surface area contributed by atoms with Crippen molar-refractivity contribution >= 4 is 23.6 Å². The second-order valence-electron chi connectivity index (χ2n) is 5.16. The van der Waals surface area contributed by atoms with Crippen molar-refractivity contribution in [2.24, 2.45) is 5.92 Å². The van der Waals surface area contributed by atoms with E-state index >= 15 is 0 Å². The van der Waals surface area contributed by atoms with Crippen LogP contribution in [-0.2, 0) is 9.59 Å². The number of halogens is 2. The van der Waals surface area contributed by atoms with E-state index in [1.54, 1.807) is 6.92 Å². The fourth-order valence-electron chi connectivity index (χ4n) is 2.67. The molecule has 2 fully saturated rings. The first-order valence-corrected chi connectivity index (χ1v) is 7.41. The maximum Gasteiger partial charge on any atom is 0.327 e. The number of carboxylic acid groups (broad SMARTS) is 1. The highest BCUT2D eigenvalue weighted by molar-refractivity contribution is 8.00. The summed E-state index contributed by atoms with van der Waals surface area (Å²) in [5, 5.41) is 8.91. The van der Waals surface area contributed by atoms with Crippen molar-refractivity contribution in [2.75, 3.05) is 5.75 Å². The average Bonchev–Trinajstić information content (AvgIpc) is 2.70. The molecule has 2 rings (SSSR count). The normalized spacial score (nSPS) is 31.4. The van der Waals surface area contributed by atoms with Crippen LogP contribution in [0.3, 0.4) is 0 Å². The van der Waals surface area contributed by atoms with Crippen molar-refractivity contribution in [1.29, 1.82) is 0 Å².